The molecule has 0 saturated carbocycles. The molecular weight excluding hydrogens is 445 g/mol. The standard InChI is InChI=1S/C21H15Cl2N3O5/c22-15-5-8-17(9-6-15)31-12-13-1-3-14(4-2-13)20(27)24-25-21(28)18-10-7-16(26(29)30)11-19(18)23/h1-11H,12H2,(H,24,27)(H,25,28). The summed E-state index contributed by atoms with van der Waals surface area (Å²) in [4.78, 5) is 34.5. The SMILES string of the molecule is O=C(NNC(=O)c1ccc([N+](=O)[O-])cc1Cl)c1ccc(COc2ccc(Cl)cc2)cc1. The number of halogens is 2. The van der Waals surface area contributed by atoms with Crippen molar-refractivity contribution >= 4 is 40.7 Å². The van der Waals surface area contributed by atoms with Gasteiger partial charge in [-0.05, 0) is 48.0 Å². The van der Waals surface area contributed by atoms with E-state index in [-0.39, 0.29) is 16.3 Å². The fourth-order valence-electron chi connectivity index (χ4n) is 2.50. The van der Waals surface area contributed by atoms with Crippen molar-refractivity contribution in [3.8, 4) is 5.75 Å². The Kier molecular flexibility index (Phi) is 7.07. The predicted octanol–water partition coefficient (Wildman–Crippen LogP) is 4.56. The third-order valence-corrected chi connectivity index (χ3v) is 4.70. The first-order valence-corrected chi connectivity index (χ1v) is 9.61. The Bertz CT molecular complexity index is 1120. The van der Waals surface area contributed by atoms with Crippen LogP contribution in [0.15, 0.2) is 66.7 Å². The number of nitrogens with one attached hydrogen (secondary N) is 2. The minimum Gasteiger partial charge on any atom is -0.489 e. The van der Waals surface area contributed by atoms with E-state index in [1.165, 1.54) is 6.07 Å². The average molecular weight is 460 g/mol. The van der Waals surface area contributed by atoms with Gasteiger partial charge in [0.2, 0.25) is 0 Å². The van der Waals surface area contributed by atoms with E-state index in [2.05, 4.69) is 10.9 Å². The van der Waals surface area contributed by atoms with Gasteiger partial charge in [-0.25, -0.2) is 0 Å². The van der Waals surface area contributed by atoms with E-state index >= 15 is 0 Å². The number of amides is 2. The topological polar surface area (TPSA) is 111 Å². The molecule has 31 heavy (non-hydrogen) atoms. The number of carbonyl (C=O) groups excluding carboxylic acids is 2. The van der Waals surface area contributed by atoms with Crippen molar-refractivity contribution in [2.24, 2.45) is 0 Å². The Morgan fingerprint density at radius 3 is 2.16 bits per heavy atom. The molecule has 0 fully saturated rings. The van der Waals surface area contributed by atoms with Crippen LogP contribution in [0, 0.1) is 10.1 Å². The van der Waals surface area contributed by atoms with Crippen molar-refractivity contribution in [2.45, 2.75) is 6.61 Å². The smallest absolute Gasteiger partial charge is 0.271 e. The zero-order chi connectivity index (χ0) is 22.4. The monoisotopic (exact) mass is 459 g/mol. The lowest BCUT2D eigenvalue weighted by Crippen LogP contribution is -2.41. The summed E-state index contributed by atoms with van der Waals surface area (Å²) in [5.41, 5.74) is 5.39. The first kappa shape index (κ1) is 22.1. The molecular formula is C21H15Cl2N3O5. The van der Waals surface area contributed by atoms with Gasteiger partial charge in [-0.2, -0.15) is 0 Å². The van der Waals surface area contributed by atoms with Gasteiger partial charge < -0.3 is 4.74 Å². The number of non-ortho nitro benzene ring substituents is 1. The Morgan fingerprint density at radius 2 is 1.55 bits per heavy atom. The highest BCUT2D eigenvalue weighted by atomic mass is 35.5. The molecule has 0 radical (unpaired) electrons. The van der Waals surface area contributed by atoms with E-state index < -0.39 is 16.7 Å². The molecule has 0 atom stereocenters. The van der Waals surface area contributed by atoms with Gasteiger partial charge in [0.1, 0.15) is 12.4 Å². The zero-order valence-electron chi connectivity index (χ0n) is 15.8. The third-order valence-electron chi connectivity index (χ3n) is 4.13. The summed E-state index contributed by atoms with van der Waals surface area (Å²) >= 11 is 11.7. The number of hydrogen-bond acceptors (Lipinski definition) is 5. The second-order valence-electron chi connectivity index (χ2n) is 6.27. The van der Waals surface area contributed by atoms with E-state index in [9.17, 15) is 19.7 Å². The molecule has 2 amide bonds. The van der Waals surface area contributed by atoms with Crippen molar-refractivity contribution in [2.75, 3.05) is 0 Å². The van der Waals surface area contributed by atoms with Crippen LogP contribution in [0.1, 0.15) is 26.3 Å². The fraction of sp³-hybridized carbons (Fsp3) is 0.0476. The highest BCUT2D eigenvalue weighted by Gasteiger charge is 2.16. The van der Waals surface area contributed by atoms with E-state index in [0.29, 0.717) is 22.9 Å². The van der Waals surface area contributed by atoms with Crippen molar-refractivity contribution in [3.63, 3.8) is 0 Å². The molecule has 0 unspecified atom stereocenters. The number of nitro groups is 1. The first-order chi connectivity index (χ1) is 14.8. The fourth-order valence-corrected chi connectivity index (χ4v) is 2.89. The Hall–Kier alpha value is -3.62. The van der Waals surface area contributed by atoms with Gasteiger partial charge in [0.15, 0.2) is 0 Å². The maximum absolute atomic E-state index is 12.2. The Labute approximate surface area is 186 Å². The number of benzene rings is 3. The molecule has 0 aliphatic heterocycles. The Balaban J connectivity index is 1.54. The van der Waals surface area contributed by atoms with Crippen molar-refractivity contribution in [1.29, 1.82) is 0 Å². The molecule has 2 N–H and O–H groups in total. The summed E-state index contributed by atoms with van der Waals surface area (Å²) in [6.07, 6.45) is 0. The van der Waals surface area contributed by atoms with E-state index in [4.69, 9.17) is 27.9 Å². The molecule has 0 heterocycles. The number of carbonyl (C=O) groups is 2. The molecule has 3 aromatic carbocycles. The molecule has 0 saturated heterocycles. The zero-order valence-corrected chi connectivity index (χ0v) is 17.3. The van der Waals surface area contributed by atoms with Crippen LogP contribution < -0.4 is 15.6 Å². The second-order valence-corrected chi connectivity index (χ2v) is 7.11. The number of rotatable bonds is 6. The lowest BCUT2D eigenvalue weighted by molar-refractivity contribution is -0.384. The third kappa shape index (κ3) is 5.94. The van der Waals surface area contributed by atoms with Crippen LogP contribution in [0.25, 0.3) is 0 Å². The van der Waals surface area contributed by atoms with Crippen molar-refractivity contribution in [1.82, 2.24) is 10.9 Å². The van der Waals surface area contributed by atoms with Gasteiger partial charge >= 0.3 is 0 Å². The van der Waals surface area contributed by atoms with Crippen LogP contribution in [0.4, 0.5) is 5.69 Å². The maximum Gasteiger partial charge on any atom is 0.271 e. The van der Waals surface area contributed by atoms with Crippen molar-refractivity contribution in [3.05, 3.63) is 104 Å². The summed E-state index contributed by atoms with van der Waals surface area (Å²) in [6.45, 7) is 0.304. The van der Waals surface area contributed by atoms with E-state index in [1.807, 2.05) is 0 Å². The first-order valence-electron chi connectivity index (χ1n) is 8.85. The minimum atomic E-state index is -0.707. The van der Waals surface area contributed by atoms with Crippen molar-refractivity contribution < 1.29 is 19.2 Å². The molecule has 8 nitrogen and oxygen atoms in total. The van der Waals surface area contributed by atoms with Crippen LogP contribution in [0.3, 0.4) is 0 Å². The normalized spacial score (nSPS) is 10.3. The van der Waals surface area contributed by atoms with Crippen LogP contribution in [-0.2, 0) is 6.61 Å². The Morgan fingerprint density at radius 1 is 0.903 bits per heavy atom. The molecule has 158 valence electrons. The molecule has 0 aliphatic carbocycles. The molecule has 0 spiro atoms. The minimum absolute atomic E-state index is 0.0118. The summed E-state index contributed by atoms with van der Waals surface area (Å²) in [7, 11) is 0. The second kappa shape index (κ2) is 9.92. The van der Waals surface area contributed by atoms with Crippen LogP contribution >= 0.6 is 23.2 Å². The van der Waals surface area contributed by atoms with E-state index in [0.717, 1.165) is 17.7 Å². The number of nitrogens with zero attached hydrogens (tertiary/aromatic N) is 1. The number of nitro benzene ring substituents is 1. The van der Waals surface area contributed by atoms with E-state index in [1.54, 1.807) is 48.5 Å². The van der Waals surface area contributed by atoms with Gasteiger partial charge in [0.05, 0.1) is 15.5 Å². The van der Waals surface area contributed by atoms with Gasteiger partial charge in [-0.1, -0.05) is 35.3 Å². The summed E-state index contributed by atoms with van der Waals surface area (Å²) in [5.74, 6) is -0.586. The van der Waals surface area contributed by atoms with Gasteiger partial charge in [-0.3, -0.25) is 30.6 Å². The molecule has 0 aliphatic rings. The molecule has 3 rings (SSSR count). The van der Waals surface area contributed by atoms with Gasteiger partial charge in [0.25, 0.3) is 17.5 Å². The molecule has 10 heteroatoms. The molecule has 0 bridgehead atoms. The number of ether oxygens (including phenoxy) is 1. The highest BCUT2D eigenvalue weighted by Crippen LogP contribution is 2.22. The number of hydrazine groups is 1. The van der Waals surface area contributed by atoms with Crippen LogP contribution in [-0.4, -0.2) is 16.7 Å². The van der Waals surface area contributed by atoms with Gasteiger partial charge in [0, 0.05) is 22.7 Å². The van der Waals surface area contributed by atoms with Gasteiger partial charge in [-0.15, -0.1) is 0 Å². The largest absolute Gasteiger partial charge is 0.489 e. The number of hydrogen-bond donors (Lipinski definition) is 2. The molecule has 3 aromatic rings. The van der Waals surface area contributed by atoms with Crippen LogP contribution in [0.5, 0.6) is 5.75 Å². The van der Waals surface area contributed by atoms with Crippen LogP contribution in [0.2, 0.25) is 10.0 Å². The quantitative estimate of drug-likeness (QED) is 0.414. The summed E-state index contributed by atoms with van der Waals surface area (Å²) < 4.78 is 5.64. The predicted molar refractivity (Wildman–Crippen MR) is 115 cm³/mol. The lowest BCUT2D eigenvalue weighted by Gasteiger charge is -2.10. The average Bonchev–Trinajstić information content (AvgIpc) is 2.77. The summed E-state index contributed by atoms with van der Waals surface area (Å²) in [6, 6.07) is 17.0. The molecule has 0 aromatic heterocycles. The maximum atomic E-state index is 12.2. The summed E-state index contributed by atoms with van der Waals surface area (Å²) in [5, 5.41) is 11.2. The lowest BCUT2D eigenvalue weighted by atomic mass is 10.1. The highest BCUT2D eigenvalue weighted by molar-refractivity contribution is 6.34.